The fraction of sp³-hybridized carbons (Fsp3) is 0.400. The van der Waals surface area contributed by atoms with E-state index in [1.165, 1.54) is 6.07 Å². The molecule has 0 fully saturated rings. The molecule has 1 unspecified atom stereocenters. The molecule has 1 N–H and O–H groups in total. The van der Waals surface area contributed by atoms with Gasteiger partial charge in [0.25, 0.3) is 0 Å². The van der Waals surface area contributed by atoms with Crippen molar-refractivity contribution in [1.82, 2.24) is 13.5 Å². The molecule has 0 saturated carbocycles. The largest absolute Gasteiger partial charge is 0.242 e. The van der Waals surface area contributed by atoms with Gasteiger partial charge in [-0.2, -0.15) is 8.75 Å². The number of nitrogens with zero attached hydrogens (tertiary/aromatic N) is 2. The van der Waals surface area contributed by atoms with Crippen LogP contribution in [-0.4, -0.2) is 29.6 Å². The van der Waals surface area contributed by atoms with Crippen LogP contribution in [0.5, 0.6) is 0 Å². The number of rotatable bonds is 5. The number of fused-ring (bicyclic) bond motifs is 1. The van der Waals surface area contributed by atoms with Crippen molar-refractivity contribution in [3.8, 4) is 0 Å². The zero-order valence-electron chi connectivity index (χ0n) is 9.63. The van der Waals surface area contributed by atoms with Crippen molar-refractivity contribution in [2.75, 3.05) is 12.4 Å². The van der Waals surface area contributed by atoms with Crippen molar-refractivity contribution in [3.05, 3.63) is 18.2 Å². The molecule has 98 valence electrons. The van der Waals surface area contributed by atoms with Gasteiger partial charge in [0.2, 0.25) is 10.0 Å². The topological polar surface area (TPSA) is 72.0 Å². The fourth-order valence-corrected chi connectivity index (χ4v) is 3.42. The third-order valence-corrected chi connectivity index (χ3v) is 4.95. The first-order valence-electron chi connectivity index (χ1n) is 5.31. The van der Waals surface area contributed by atoms with E-state index in [-0.39, 0.29) is 10.8 Å². The molecule has 0 radical (unpaired) electrons. The lowest BCUT2D eigenvalue weighted by atomic mass is 10.2. The van der Waals surface area contributed by atoms with Crippen LogP contribution < -0.4 is 4.72 Å². The highest BCUT2D eigenvalue weighted by Gasteiger charge is 2.19. The van der Waals surface area contributed by atoms with E-state index < -0.39 is 10.0 Å². The molecule has 0 aliphatic rings. The molecule has 18 heavy (non-hydrogen) atoms. The summed E-state index contributed by atoms with van der Waals surface area (Å²) in [5.74, 6) is 0.486. The van der Waals surface area contributed by atoms with E-state index in [9.17, 15) is 8.42 Å². The molecule has 2 rings (SSSR count). The maximum Gasteiger partial charge on any atom is 0.242 e. The van der Waals surface area contributed by atoms with Gasteiger partial charge in [-0.15, -0.1) is 11.6 Å². The van der Waals surface area contributed by atoms with Crippen molar-refractivity contribution in [3.63, 3.8) is 0 Å². The van der Waals surface area contributed by atoms with Gasteiger partial charge in [0.1, 0.15) is 15.9 Å². The Bertz CT molecular complexity index is 641. The second-order valence-electron chi connectivity index (χ2n) is 4.00. The summed E-state index contributed by atoms with van der Waals surface area (Å²) in [6, 6.07) is 4.92. The minimum Gasteiger partial charge on any atom is -0.211 e. The Morgan fingerprint density at radius 3 is 2.94 bits per heavy atom. The molecule has 1 aromatic heterocycles. The summed E-state index contributed by atoms with van der Waals surface area (Å²) in [5, 5.41) is 0. The summed E-state index contributed by atoms with van der Waals surface area (Å²) >= 11 is 6.65. The standard InChI is InChI=1S/C10H12ClN3O2S2/c1-7(5-11)6-12-18(15,16)9-4-2-3-8-10(9)14-17-13-8/h2-4,7,12H,5-6H2,1H3. The van der Waals surface area contributed by atoms with E-state index in [4.69, 9.17) is 11.6 Å². The van der Waals surface area contributed by atoms with Crippen LogP contribution in [0.2, 0.25) is 0 Å². The van der Waals surface area contributed by atoms with Gasteiger partial charge in [-0.05, 0) is 18.1 Å². The lowest BCUT2D eigenvalue weighted by Gasteiger charge is -2.10. The monoisotopic (exact) mass is 305 g/mol. The molecule has 0 spiro atoms. The van der Waals surface area contributed by atoms with Crippen molar-refractivity contribution in [2.45, 2.75) is 11.8 Å². The number of nitrogens with one attached hydrogen (secondary N) is 1. The minimum atomic E-state index is -3.57. The smallest absolute Gasteiger partial charge is 0.211 e. The second kappa shape index (κ2) is 5.48. The fourth-order valence-electron chi connectivity index (χ4n) is 1.38. The first-order chi connectivity index (χ1) is 8.54. The summed E-state index contributed by atoms with van der Waals surface area (Å²) in [6.45, 7) is 2.18. The number of sulfonamides is 1. The molecule has 0 aliphatic heterocycles. The highest BCUT2D eigenvalue weighted by molar-refractivity contribution is 7.89. The number of aromatic nitrogens is 2. The van der Waals surface area contributed by atoms with Gasteiger partial charge in [-0.3, -0.25) is 0 Å². The maximum atomic E-state index is 12.1. The Balaban J connectivity index is 2.32. The van der Waals surface area contributed by atoms with Gasteiger partial charge >= 0.3 is 0 Å². The number of alkyl halides is 1. The quantitative estimate of drug-likeness (QED) is 0.856. The van der Waals surface area contributed by atoms with Crippen LogP contribution >= 0.6 is 23.3 Å². The zero-order valence-corrected chi connectivity index (χ0v) is 12.0. The molecule has 0 aliphatic carbocycles. The van der Waals surface area contributed by atoms with E-state index in [1.54, 1.807) is 12.1 Å². The Hall–Kier alpha value is -0.760. The molecule has 0 amide bonds. The molecule has 5 nitrogen and oxygen atoms in total. The van der Waals surface area contributed by atoms with Crippen LogP contribution in [-0.2, 0) is 10.0 Å². The molecule has 0 bridgehead atoms. The molecule has 2 aromatic rings. The van der Waals surface area contributed by atoms with Crippen molar-refractivity contribution in [2.24, 2.45) is 5.92 Å². The predicted molar refractivity (Wildman–Crippen MR) is 72.5 cm³/mol. The van der Waals surface area contributed by atoms with Crippen LogP contribution in [0.3, 0.4) is 0 Å². The third-order valence-electron chi connectivity index (χ3n) is 2.42. The zero-order chi connectivity index (χ0) is 13.2. The average Bonchev–Trinajstić information content (AvgIpc) is 2.83. The first-order valence-corrected chi connectivity index (χ1v) is 8.06. The van der Waals surface area contributed by atoms with E-state index in [0.29, 0.717) is 23.5 Å². The molecule has 8 heteroatoms. The Labute approximate surface area is 115 Å². The Morgan fingerprint density at radius 1 is 1.44 bits per heavy atom. The molecule has 1 heterocycles. The van der Waals surface area contributed by atoms with Crippen LogP contribution in [0.4, 0.5) is 0 Å². The molecular formula is C10H12ClN3O2S2. The predicted octanol–water partition coefficient (Wildman–Crippen LogP) is 1.84. The Kier molecular flexibility index (Phi) is 4.16. The normalized spacial score (nSPS) is 13.9. The highest BCUT2D eigenvalue weighted by atomic mass is 35.5. The van der Waals surface area contributed by atoms with E-state index in [1.807, 2.05) is 6.92 Å². The number of hydrogen-bond donors (Lipinski definition) is 1. The van der Waals surface area contributed by atoms with Gasteiger partial charge in [0.05, 0.1) is 11.7 Å². The van der Waals surface area contributed by atoms with Crippen molar-refractivity contribution < 1.29 is 8.42 Å². The summed E-state index contributed by atoms with van der Waals surface area (Å²) in [5.41, 5.74) is 1.00. The average molecular weight is 306 g/mol. The molecular weight excluding hydrogens is 294 g/mol. The van der Waals surface area contributed by atoms with Crippen LogP contribution in [0.25, 0.3) is 11.0 Å². The van der Waals surface area contributed by atoms with Crippen LogP contribution in [0.1, 0.15) is 6.92 Å². The summed E-state index contributed by atoms with van der Waals surface area (Å²) in [4.78, 5) is 0.163. The summed E-state index contributed by atoms with van der Waals surface area (Å²) < 4.78 is 34.9. The lowest BCUT2D eigenvalue weighted by Crippen LogP contribution is -2.29. The van der Waals surface area contributed by atoms with Crippen LogP contribution in [0.15, 0.2) is 23.1 Å². The summed E-state index contributed by atoms with van der Waals surface area (Å²) in [7, 11) is -3.57. The number of benzene rings is 1. The SMILES string of the molecule is CC(CCl)CNS(=O)(=O)c1cccc2nsnc12. The van der Waals surface area contributed by atoms with Gasteiger partial charge in [0, 0.05) is 12.4 Å². The van der Waals surface area contributed by atoms with E-state index in [0.717, 1.165) is 11.7 Å². The number of halogens is 1. The second-order valence-corrected chi connectivity index (χ2v) is 6.57. The third kappa shape index (κ3) is 2.80. The highest BCUT2D eigenvalue weighted by Crippen LogP contribution is 2.20. The van der Waals surface area contributed by atoms with E-state index >= 15 is 0 Å². The van der Waals surface area contributed by atoms with Gasteiger partial charge < -0.3 is 0 Å². The Morgan fingerprint density at radius 2 is 2.22 bits per heavy atom. The van der Waals surface area contributed by atoms with Crippen molar-refractivity contribution in [1.29, 1.82) is 0 Å². The van der Waals surface area contributed by atoms with Gasteiger partial charge in [-0.25, -0.2) is 13.1 Å². The van der Waals surface area contributed by atoms with Crippen molar-refractivity contribution >= 4 is 44.4 Å². The van der Waals surface area contributed by atoms with Gasteiger partial charge in [0.15, 0.2) is 0 Å². The first kappa shape index (κ1) is 13.7. The van der Waals surface area contributed by atoms with E-state index in [2.05, 4.69) is 13.5 Å². The minimum absolute atomic E-state index is 0.0780. The number of hydrogen-bond acceptors (Lipinski definition) is 5. The molecule has 1 atom stereocenters. The molecule has 1 aromatic carbocycles. The molecule has 0 saturated heterocycles. The maximum absolute atomic E-state index is 12.1. The lowest BCUT2D eigenvalue weighted by molar-refractivity contribution is 0.562. The van der Waals surface area contributed by atoms with Gasteiger partial charge in [-0.1, -0.05) is 13.0 Å². The summed E-state index contributed by atoms with van der Waals surface area (Å²) in [6.07, 6.45) is 0. The van der Waals surface area contributed by atoms with Crippen LogP contribution in [0, 0.1) is 5.92 Å².